The maximum Gasteiger partial charge on any atom is 0.232 e. The Bertz CT molecular complexity index is 1150. The molecule has 1 aromatic carbocycles. The van der Waals surface area contributed by atoms with Gasteiger partial charge in [0.1, 0.15) is 6.26 Å². The van der Waals surface area contributed by atoms with Crippen molar-refractivity contribution in [2.24, 2.45) is 0 Å². The van der Waals surface area contributed by atoms with E-state index in [1.807, 2.05) is 13.0 Å². The molecule has 0 fully saturated rings. The SMILES string of the molecule is C[C@@]12c3ccc4c(c3C(=O)c3occ(c31)C(=O)C(=O)[C@@H]2[Si](C)(C)C)CCC4=O. The molecule has 3 aliphatic rings. The van der Waals surface area contributed by atoms with E-state index < -0.39 is 30.6 Å². The highest BCUT2D eigenvalue weighted by molar-refractivity contribution is 6.84. The molecule has 2 aromatic rings. The second-order valence-corrected chi connectivity index (χ2v) is 14.6. The van der Waals surface area contributed by atoms with Crippen LogP contribution in [0, 0.1) is 0 Å². The predicted molar refractivity (Wildman–Crippen MR) is 104 cm³/mol. The van der Waals surface area contributed by atoms with Gasteiger partial charge in [0.25, 0.3) is 0 Å². The number of ketones is 4. The van der Waals surface area contributed by atoms with Gasteiger partial charge in [-0.2, -0.15) is 0 Å². The van der Waals surface area contributed by atoms with Crippen LogP contribution < -0.4 is 0 Å². The van der Waals surface area contributed by atoms with Gasteiger partial charge < -0.3 is 4.42 Å². The zero-order chi connectivity index (χ0) is 20.2. The van der Waals surface area contributed by atoms with Crippen molar-refractivity contribution in [2.75, 3.05) is 0 Å². The fourth-order valence-corrected chi connectivity index (χ4v) is 8.72. The summed E-state index contributed by atoms with van der Waals surface area (Å²) in [5.41, 5.74) is 2.08. The van der Waals surface area contributed by atoms with E-state index >= 15 is 0 Å². The average molecular weight is 392 g/mol. The second kappa shape index (κ2) is 5.06. The number of furan rings is 1. The van der Waals surface area contributed by atoms with Gasteiger partial charge in [-0.3, -0.25) is 19.2 Å². The number of carbonyl (C=O) groups excluding carboxylic acids is 4. The first-order valence-corrected chi connectivity index (χ1v) is 13.1. The van der Waals surface area contributed by atoms with Crippen molar-refractivity contribution in [2.45, 2.75) is 50.4 Å². The molecule has 0 saturated heterocycles. The molecule has 5 rings (SSSR count). The molecule has 1 aromatic heterocycles. The molecular weight excluding hydrogens is 372 g/mol. The van der Waals surface area contributed by atoms with Gasteiger partial charge in [-0.15, -0.1) is 0 Å². The molecule has 3 aliphatic carbocycles. The number of fused-ring (bicyclic) bond motifs is 4. The first-order valence-electron chi connectivity index (χ1n) is 9.53. The third-order valence-corrected chi connectivity index (χ3v) is 9.26. The van der Waals surface area contributed by atoms with Crippen LogP contribution in [-0.2, 0) is 16.6 Å². The Hall–Kier alpha value is -2.60. The van der Waals surface area contributed by atoms with Crippen LogP contribution in [0.2, 0.25) is 25.2 Å². The number of hydrogen-bond acceptors (Lipinski definition) is 5. The molecule has 28 heavy (non-hydrogen) atoms. The quantitative estimate of drug-likeness (QED) is 0.546. The highest BCUT2D eigenvalue weighted by Crippen LogP contribution is 2.57. The number of hydrogen-bond donors (Lipinski definition) is 0. The van der Waals surface area contributed by atoms with E-state index in [4.69, 9.17) is 4.42 Å². The summed E-state index contributed by atoms with van der Waals surface area (Å²) in [6, 6.07) is 3.61. The molecule has 2 atom stereocenters. The molecule has 0 N–H and O–H groups in total. The Morgan fingerprint density at radius 1 is 1.00 bits per heavy atom. The van der Waals surface area contributed by atoms with Crippen LogP contribution in [-0.4, -0.2) is 31.2 Å². The van der Waals surface area contributed by atoms with E-state index in [9.17, 15) is 19.2 Å². The maximum atomic E-state index is 13.4. The molecule has 5 nitrogen and oxygen atoms in total. The van der Waals surface area contributed by atoms with E-state index in [0.717, 1.165) is 11.1 Å². The smallest absolute Gasteiger partial charge is 0.232 e. The van der Waals surface area contributed by atoms with E-state index in [1.165, 1.54) is 6.26 Å². The minimum absolute atomic E-state index is 0.0401. The van der Waals surface area contributed by atoms with Crippen molar-refractivity contribution in [3.8, 4) is 0 Å². The summed E-state index contributed by atoms with van der Waals surface area (Å²) in [5.74, 6) is -1.03. The van der Waals surface area contributed by atoms with Gasteiger partial charge in [0, 0.05) is 34.1 Å². The first kappa shape index (κ1) is 17.5. The maximum absolute atomic E-state index is 13.4. The number of rotatable bonds is 1. The van der Waals surface area contributed by atoms with Gasteiger partial charge in [-0.05, 0) is 17.5 Å². The van der Waals surface area contributed by atoms with Crippen LogP contribution in [0.25, 0.3) is 0 Å². The van der Waals surface area contributed by atoms with Gasteiger partial charge in [-0.25, -0.2) is 0 Å². The number of carbonyl (C=O) groups is 4. The summed E-state index contributed by atoms with van der Waals surface area (Å²) in [6.07, 6.45) is 2.17. The Labute approximate surface area is 163 Å². The summed E-state index contributed by atoms with van der Waals surface area (Å²) in [5, 5.41) is 0. The third kappa shape index (κ3) is 1.82. The van der Waals surface area contributed by atoms with Crippen LogP contribution in [0.3, 0.4) is 0 Å². The molecule has 0 bridgehead atoms. The zero-order valence-corrected chi connectivity index (χ0v) is 17.3. The Morgan fingerprint density at radius 3 is 2.39 bits per heavy atom. The van der Waals surface area contributed by atoms with Crippen molar-refractivity contribution in [1.82, 2.24) is 0 Å². The van der Waals surface area contributed by atoms with Crippen molar-refractivity contribution in [3.63, 3.8) is 0 Å². The van der Waals surface area contributed by atoms with Gasteiger partial charge in [-0.1, -0.05) is 38.7 Å². The van der Waals surface area contributed by atoms with Crippen LogP contribution in [0.5, 0.6) is 0 Å². The third-order valence-electron chi connectivity index (χ3n) is 6.69. The average Bonchev–Trinajstić information content (AvgIpc) is 3.22. The van der Waals surface area contributed by atoms with Crippen LogP contribution in [0.4, 0.5) is 0 Å². The molecule has 0 spiro atoms. The normalized spacial score (nSPS) is 25.6. The minimum atomic E-state index is -2.17. The highest BCUT2D eigenvalue weighted by Gasteiger charge is 2.60. The van der Waals surface area contributed by atoms with Gasteiger partial charge in [0.15, 0.2) is 11.5 Å². The molecule has 0 radical (unpaired) electrons. The fraction of sp³-hybridized carbons (Fsp3) is 0.364. The fourth-order valence-electron chi connectivity index (χ4n) is 5.78. The van der Waals surface area contributed by atoms with Gasteiger partial charge >= 0.3 is 0 Å². The topological polar surface area (TPSA) is 81.4 Å². The summed E-state index contributed by atoms with van der Waals surface area (Å²) < 4.78 is 5.60. The molecule has 142 valence electrons. The lowest BCUT2D eigenvalue weighted by Gasteiger charge is -2.48. The summed E-state index contributed by atoms with van der Waals surface area (Å²) in [4.78, 5) is 51.7. The van der Waals surface area contributed by atoms with Crippen molar-refractivity contribution < 1.29 is 23.6 Å². The molecule has 0 amide bonds. The summed E-state index contributed by atoms with van der Waals surface area (Å²) in [6.45, 7) is 8.19. The molecule has 1 heterocycles. The van der Waals surface area contributed by atoms with E-state index in [2.05, 4.69) is 19.6 Å². The molecule has 0 saturated carbocycles. The molecule has 6 heteroatoms. The summed E-state index contributed by atoms with van der Waals surface area (Å²) in [7, 11) is -2.17. The van der Waals surface area contributed by atoms with Crippen LogP contribution in [0.15, 0.2) is 22.8 Å². The molecular formula is C22H20O5Si. The minimum Gasteiger partial charge on any atom is -0.460 e. The lowest BCUT2D eigenvalue weighted by Crippen LogP contribution is -2.54. The van der Waals surface area contributed by atoms with E-state index in [0.29, 0.717) is 29.5 Å². The van der Waals surface area contributed by atoms with Crippen molar-refractivity contribution in [1.29, 1.82) is 0 Å². The lowest BCUT2D eigenvalue weighted by molar-refractivity contribution is -0.116. The lowest BCUT2D eigenvalue weighted by atomic mass is 9.61. The second-order valence-electron chi connectivity index (χ2n) is 9.31. The van der Waals surface area contributed by atoms with Crippen LogP contribution in [0.1, 0.15) is 66.9 Å². The predicted octanol–water partition coefficient (Wildman–Crippen LogP) is 3.73. The Balaban J connectivity index is 1.93. The Morgan fingerprint density at radius 2 is 1.71 bits per heavy atom. The monoisotopic (exact) mass is 392 g/mol. The standard InChI is InChI=1S/C22H20O5Si/c1-22-13-7-5-10-11(6-8-14(10)23)15(13)18(25)20-16(22)12(9-27-20)17(24)19(26)21(22)28(2,3)4/h5,7,9,21H,6,8H2,1-4H3/t21-,22+/m0/s1. The summed E-state index contributed by atoms with van der Waals surface area (Å²) >= 11 is 0. The Kier molecular flexibility index (Phi) is 3.16. The number of Topliss-reactive ketones (excluding diaryl/α,β-unsaturated/α-hetero) is 3. The molecule has 0 unspecified atom stereocenters. The zero-order valence-electron chi connectivity index (χ0n) is 16.3. The highest BCUT2D eigenvalue weighted by atomic mass is 28.3. The van der Waals surface area contributed by atoms with Gasteiger partial charge in [0.05, 0.1) is 13.6 Å². The van der Waals surface area contributed by atoms with Crippen LogP contribution >= 0.6 is 0 Å². The van der Waals surface area contributed by atoms with E-state index in [-0.39, 0.29) is 22.9 Å². The molecule has 0 aliphatic heterocycles. The largest absolute Gasteiger partial charge is 0.460 e. The van der Waals surface area contributed by atoms with Gasteiger partial charge in [0.2, 0.25) is 17.3 Å². The van der Waals surface area contributed by atoms with E-state index in [1.54, 1.807) is 6.07 Å². The number of benzene rings is 1. The van der Waals surface area contributed by atoms with Crippen molar-refractivity contribution >= 4 is 31.2 Å². The first-order chi connectivity index (χ1) is 13.1. The van der Waals surface area contributed by atoms with Crippen molar-refractivity contribution in [3.05, 3.63) is 57.5 Å².